The maximum atomic E-state index is 9.18. The topological polar surface area (TPSA) is 20.2 Å². The van der Waals surface area contributed by atoms with Crippen LogP contribution in [0.15, 0.2) is 48.5 Å². The number of hydrogen-bond donors (Lipinski definition) is 1. The molecule has 1 nitrogen and oxygen atoms in total. The van der Waals surface area contributed by atoms with Crippen LogP contribution in [0.1, 0.15) is 5.56 Å². The lowest BCUT2D eigenvalue weighted by atomic mass is 10.2. The Morgan fingerprint density at radius 1 is 0.933 bits per heavy atom. The van der Waals surface area contributed by atoms with Gasteiger partial charge in [-0.2, -0.15) is 0 Å². The highest BCUT2D eigenvalue weighted by Crippen LogP contribution is 2.02. The van der Waals surface area contributed by atoms with Gasteiger partial charge in [0, 0.05) is 0 Å². The summed E-state index contributed by atoms with van der Waals surface area (Å²) in [7, 11) is 0.661. The van der Waals surface area contributed by atoms with Gasteiger partial charge in [-0.1, -0.05) is 52.3 Å². The van der Waals surface area contributed by atoms with Crippen molar-refractivity contribution in [3.05, 3.63) is 54.1 Å². The molecule has 0 aromatic heterocycles. The predicted octanol–water partition coefficient (Wildman–Crippen LogP) is 1.36. The molecule has 0 spiro atoms. The number of phenols is 1. The molecule has 0 aliphatic carbocycles. The summed E-state index contributed by atoms with van der Waals surface area (Å²) in [5, 5.41) is 11.8. The molecule has 0 saturated heterocycles. The molecule has 74 valence electrons. The summed E-state index contributed by atoms with van der Waals surface area (Å²) in [6.07, 6.45) is 0. The number of aromatic hydroxyl groups is 1. The van der Waals surface area contributed by atoms with Gasteiger partial charge in [0.05, 0.1) is 0 Å². The second-order valence-corrected chi connectivity index (χ2v) is 4.85. The number of phenolic OH excluding ortho intramolecular Hbond substituents is 1. The average Bonchev–Trinajstić information content (AvgIpc) is 2.25. The maximum absolute atomic E-state index is 9.18. The molecule has 2 heteroatoms. The van der Waals surface area contributed by atoms with Gasteiger partial charge in [-0.25, -0.2) is 0 Å². The van der Waals surface area contributed by atoms with Crippen molar-refractivity contribution < 1.29 is 5.11 Å². The standard InChI is InChI=1S/C13H12OSi/c1-10-4-2-3-5-13(10)15-12-8-6-11(14)7-9-12/h2-9,14H,1H3. The third-order valence-corrected chi connectivity index (χ3v) is 3.74. The molecule has 2 radical (unpaired) electrons. The van der Waals surface area contributed by atoms with Gasteiger partial charge in [0.25, 0.3) is 0 Å². The Bertz CT molecular complexity index is 448. The van der Waals surface area contributed by atoms with E-state index in [9.17, 15) is 5.11 Å². The Morgan fingerprint density at radius 2 is 1.60 bits per heavy atom. The predicted molar refractivity (Wildman–Crippen MR) is 64.3 cm³/mol. The summed E-state index contributed by atoms with van der Waals surface area (Å²) in [6.45, 7) is 2.13. The van der Waals surface area contributed by atoms with Crippen LogP contribution >= 0.6 is 0 Å². The van der Waals surface area contributed by atoms with Crippen LogP contribution in [0.25, 0.3) is 0 Å². The van der Waals surface area contributed by atoms with Crippen LogP contribution in [0.4, 0.5) is 0 Å². The van der Waals surface area contributed by atoms with Crippen molar-refractivity contribution in [1.82, 2.24) is 0 Å². The first-order valence-corrected chi connectivity index (χ1v) is 5.87. The lowest BCUT2D eigenvalue weighted by molar-refractivity contribution is 0.475. The Labute approximate surface area is 92.2 Å². The van der Waals surface area contributed by atoms with Crippen LogP contribution < -0.4 is 10.4 Å². The average molecular weight is 212 g/mol. The first kappa shape index (κ1) is 9.99. The fraction of sp³-hybridized carbons (Fsp3) is 0.0769. The first-order chi connectivity index (χ1) is 7.25. The maximum Gasteiger partial charge on any atom is 0.121 e. The summed E-state index contributed by atoms with van der Waals surface area (Å²) in [4.78, 5) is 0. The molecule has 0 saturated carbocycles. The van der Waals surface area contributed by atoms with E-state index in [4.69, 9.17) is 0 Å². The molecule has 0 aliphatic rings. The zero-order chi connectivity index (χ0) is 10.7. The molecule has 0 amide bonds. The third kappa shape index (κ3) is 2.48. The van der Waals surface area contributed by atoms with E-state index >= 15 is 0 Å². The van der Waals surface area contributed by atoms with Gasteiger partial charge in [0.1, 0.15) is 15.3 Å². The van der Waals surface area contributed by atoms with E-state index in [0.29, 0.717) is 15.3 Å². The Kier molecular flexibility index (Phi) is 2.88. The van der Waals surface area contributed by atoms with Crippen molar-refractivity contribution in [2.24, 2.45) is 0 Å². The second kappa shape index (κ2) is 4.32. The van der Waals surface area contributed by atoms with E-state index in [1.54, 1.807) is 12.1 Å². The van der Waals surface area contributed by atoms with Crippen LogP contribution in [0.5, 0.6) is 5.75 Å². The first-order valence-electron chi connectivity index (χ1n) is 4.87. The number of hydrogen-bond acceptors (Lipinski definition) is 1. The minimum absolute atomic E-state index is 0.327. The minimum atomic E-state index is 0.327. The summed E-state index contributed by atoms with van der Waals surface area (Å²) in [5.74, 6) is 0.327. The molecule has 0 atom stereocenters. The van der Waals surface area contributed by atoms with Crippen molar-refractivity contribution >= 4 is 19.9 Å². The van der Waals surface area contributed by atoms with Crippen molar-refractivity contribution in [2.75, 3.05) is 0 Å². The van der Waals surface area contributed by atoms with Crippen LogP contribution in [0, 0.1) is 6.92 Å². The van der Waals surface area contributed by atoms with E-state index in [2.05, 4.69) is 31.2 Å². The number of rotatable bonds is 2. The summed E-state index contributed by atoms with van der Waals surface area (Å²) in [5.41, 5.74) is 1.32. The largest absolute Gasteiger partial charge is 0.508 e. The molecule has 0 fully saturated rings. The molecule has 2 aromatic rings. The zero-order valence-electron chi connectivity index (χ0n) is 8.57. The molecule has 2 rings (SSSR count). The van der Waals surface area contributed by atoms with E-state index in [0.717, 1.165) is 0 Å². The third-order valence-electron chi connectivity index (χ3n) is 2.29. The van der Waals surface area contributed by atoms with Gasteiger partial charge in [-0.15, -0.1) is 0 Å². The van der Waals surface area contributed by atoms with Gasteiger partial charge in [-0.3, -0.25) is 0 Å². The quantitative estimate of drug-likeness (QED) is 0.745. The Balaban J connectivity index is 2.22. The van der Waals surface area contributed by atoms with Crippen LogP contribution in [-0.2, 0) is 0 Å². The van der Waals surface area contributed by atoms with E-state index in [-0.39, 0.29) is 0 Å². The molecule has 15 heavy (non-hydrogen) atoms. The Hall–Kier alpha value is -1.54. The summed E-state index contributed by atoms with van der Waals surface area (Å²) < 4.78 is 0. The van der Waals surface area contributed by atoms with Crippen LogP contribution in [0.3, 0.4) is 0 Å². The van der Waals surface area contributed by atoms with Gasteiger partial charge >= 0.3 is 0 Å². The van der Waals surface area contributed by atoms with E-state index in [1.165, 1.54) is 15.9 Å². The molecule has 0 unspecified atom stereocenters. The fourth-order valence-electron chi connectivity index (χ4n) is 1.41. The fourth-order valence-corrected chi connectivity index (χ4v) is 2.52. The van der Waals surface area contributed by atoms with Crippen LogP contribution in [-0.4, -0.2) is 14.6 Å². The van der Waals surface area contributed by atoms with Crippen molar-refractivity contribution in [1.29, 1.82) is 0 Å². The summed E-state index contributed by atoms with van der Waals surface area (Å²) in [6, 6.07) is 15.8. The molecule has 2 aromatic carbocycles. The highest BCUT2D eigenvalue weighted by molar-refractivity contribution is 6.67. The summed E-state index contributed by atoms with van der Waals surface area (Å²) >= 11 is 0. The van der Waals surface area contributed by atoms with Crippen molar-refractivity contribution in [3.63, 3.8) is 0 Å². The minimum Gasteiger partial charge on any atom is -0.508 e. The van der Waals surface area contributed by atoms with E-state index < -0.39 is 0 Å². The number of aryl methyl sites for hydroxylation is 1. The monoisotopic (exact) mass is 212 g/mol. The van der Waals surface area contributed by atoms with Gasteiger partial charge < -0.3 is 5.11 Å². The lowest BCUT2D eigenvalue weighted by Gasteiger charge is -2.04. The van der Waals surface area contributed by atoms with Crippen LogP contribution in [0.2, 0.25) is 0 Å². The SMILES string of the molecule is Cc1ccccc1[Si]c1ccc(O)cc1. The second-order valence-electron chi connectivity index (χ2n) is 3.49. The highest BCUT2D eigenvalue weighted by atomic mass is 28.2. The molecule has 0 bridgehead atoms. The van der Waals surface area contributed by atoms with Gasteiger partial charge in [0.15, 0.2) is 0 Å². The highest BCUT2D eigenvalue weighted by Gasteiger charge is 2.00. The molecule has 1 N–H and O–H groups in total. The van der Waals surface area contributed by atoms with Crippen molar-refractivity contribution in [3.8, 4) is 5.75 Å². The molecular formula is C13H12OSi. The molecule has 0 aliphatic heterocycles. The lowest BCUT2D eigenvalue weighted by Crippen LogP contribution is -2.28. The van der Waals surface area contributed by atoms with E-state index in [1.807, 2.05) is 12.1 Å². The Morgan fingerprint density at radius 3 is 2.27 bits per heavy atom. The zero-order valence-corrected chi connectivity index (χ0v) is 9.57. The number of benzene rings is 2. The molecular weight excluding hydrogens is 200 g/mol. The van der Waals surface area contributed by atoms with Gasteiger partial charge in [0.2, 0.25) is 0 Å². The molecule has 0 heterocycles. The van der Waals surface area contributed by atoms with Crippen molar-refractivity contribution in [2.45, 2.75) is 6.92 Å². The van der Waals surface area contributed by atoms with Gasteiger partial charge in [-0.05, 0) is 19.1 Å². The normalized spacial score (nSPS) is 10.2. The smallest absolute Gasteiger partial charge is 0.121 e.